The van der Waals surface area contributed by atoms with E-state index < -0.39 is 5.82 Å². The molecule has 2 aromatic rings. The minimum absolute atomic E-state index is 0.168. The molecule has 1 aliphatic rings. The Morgan fingerprint density at radius 3 is 2.82 bits per heavy atom. The van der Waals surface area contributed by atoms with Gasteiger partial charge in [0, 0.05) is 31.7 Å². The number of ether oxygens (including phenoxy) is 2. The van der Waals surface area contributed by atoms with Crippen molar-refractivity contribution in [2.24, 2.45) is 5.92 Å². The summed E-state index contributed by atoms with van der Waals surface area (Å²) in [5.74, 6) is 1.11. The predicted octanol–water partition coefficient (Wildman–Crippen LogP) is 2.64. The first-order chi connectivity index (χ1) is 10.6. The second-order valence-corrected chi connectivity index (χ2v) is 5.69. The predicted molar refractivity (Wildman–Crippen MR) is 82.8 cm³/mol. The van der Waals surface area contributed by atoms with Crippen molar-refractivity contribution in [3.05, 3.63) is 24.3 Å². The summed E-state index contributed by atoms with van der Waals surface area (Å²) in [7, 11) is 3.19. The molecule has 5 nitrogen and oxygen atoms in total. The van der Waals surface area contributed by atoms with Crippen molar-refractivity contribution >= 4 is 16.7 Å². The summed E-state index contributed by atoms with van der Waals surface area (Å²) in [6, 6.07) is 3.06. The summed E-state index contributed by atoms with van der Waals surface area (Å²) >= 11 is 0. The van der Waals surface area contributed by atoms with Gasteiger partial charge in [-0.25, -0.2) is 14.4 Å². The highest BCUT2D eigenvalue weighted by molar-refractivity contribution is 5.90. The molecule has 0 saturated carbocycles. The standard InChI is InChI=1S/C16H20FN3O2/c1-10-4-5-20(8-15(10)22-3)16-11-6-14(21-2)12(17)7-13(11)18-9-19-16/h6-7,9-10,15H,4-5,8H2,1-3H3/t10-,15+/m0/s1. The van der Waals surface area contributed by atoms with E-state index in [0.29, 0.717) is 11.4 Å². The first kappa shape index (κ1) is 15.0. The molecule has 2 atom stereocenters. The maximum atomic E-state index is 13.8. The van der Waals surface area contributed by atoms with E-state index in [9.17, 15) is 4.39 Å². The molecule has 1 aliphatic heterocycles. The van der Waals surface area contributed by atoms with Crippen LogP contribution in [0.2, 0.25) is 0 Å². The quantitative estimate of drug-likeness (QED) is 0.872. The molecule has 3 rings (SSSR count). The number of benzene rings is 1. The van der Waals surface area contributed by atoms with Gasteiger partial charge in [-0.15, -0.1) is 0 Å². The molecule has 0 radical (unpaired) electrons. The van der Waals surface area contributed by atoms with Gasteiger partial charge in [0.25, 0.3) is 0 Å². The third-order valence-corrected chi connectivity index (χ3v) is 4.38. The molecular weight excluding hydrogens is 285 g/mol. The van der Waals surface area contributed by atoms with Gasteiger partial charge < -0.3 is 14.4 Å². The fourth-order valence-corrected chi connectivity index (χ4v) is 2.99. The second-order valence-electron chi connectivity index (χ2n) is 5.69. The van der Waals surface area contributed by atoms with Crippen LogP contribution in [0, 0.1) is 11.7 Å². The number of piperidine rings is 1. The van der Waals surface area contributed by atoms with Gasteiger partial charge in [-0.1, -0.05) is 6.92 Å². The Hall–Kier alpha value is -1.95. The smallest absolute Gasteiger partial charge is 0.167 e. The Bertz CT molecular complexity index is 680. The molecule has 1 fully saturated rings. The number of aromatic nitrogens is 2. The van der Waals surface area contributed by atoms with Crippen LogP contribution in [0.1, 0.15) is 13.3 Å². The number of hydrogen-bond donors (Lipinski definition) is 0. The molecule has 0 amide bonds. The molecule has 22 heavy (non-hydrogen) atoms. The first-order valence-corrected chi connectivity index (χ1v) is 7.40. The SMILES string of the molecule is COc1cc2c(N3CC[C@H](C)[C@H](OC)C3)ncnc2cc1F. The summed E-state index contributed by atoms with van der Waals surface area (Å²) in [4.78, 5) is 10.7. The molecular formula is C16H20FN3O2. The Morgan fingerprint density at radius 2 is 2.09 bits per heavy atom. The van der Waals surface area contributed by atoms with Gasteiger partial charge in [0.2, 0.25) is 0 Å². The number of anilines is 1. The number of nitrogens with zero attached hydrogens (tertiary/aromatic N) is 3. The van der Waals surface area contributed by atoms with Gasteiger partial charge in [0.05, 0.1) is 18.7 Å². The highest BCUT2D eigenvalue weighted by Gasteiger charge is 2.28. The van der Waals surface area contributed by atoms with E-state index in [4.69, 9.17) is 9.47 Å². The van der Waals surface area contributed by atoms with Crippen LogP contribution in [0.15, 0.2) is 18.5 Å². The number of methoxy groups -OCH3 is 2. The van der Waals surface area contributed by atoms with E-state index in [1.54, 1.807) is 13.2 Å². The van der Waals surface area contributed by atoms with E-state index in [1.807, 2.05) is 0 Å². The highest BCUT2D eigenvalue weighted by atomic mass is 19.1. The molecule has 0 N–H and O–H groups in total. The van der Waals surface area contributed by atoms with Gasteiger partial charge in [-0.2, -0.15) is 0 Å². The van der Waals surface area contributed by atoms with Gasteiger partial charge in [0.1, 0.15) is 12.1 Å². The summed E-state index contributed by atoms with van der Waals surface area (Å²) < 4.78 is 24.5. The van der Waals surface area contributed by atoms with E-state index in [0.717, 1.165) is 30.7 Å². The fourth-order valence-electron chi connectivity index (χ4n) is 2.99. The van der Waals surface area contributed by atoms with E-state index >= 15 is 0 Å². The highest BCUT2D eigenvalue weighted by Crippen LogP contribution is 2.31. The molecule has 0 spiro atoms. The van der Waals surface area contributed by atoms with Crippen LogP contribution < -0.4 is 9.64 Å². The van der Waals surface area contributed by atoms with Crippen molar-refractivity contribution in [1.29, 1.82) is 0 Å². The fraction of sp³-hybridized carbons (Fsp3) is 0.500. The minimum Gasteiger partial charge on any atom is -0.494 e. The zero-order valence-corrected chi connectivity index (χ0v) is 13.0. The minimum atomic E-state index is -0.415. The van der Waals surface area contributed by atoms with E-state index in [2.05, 4.69) is 21.8 Å². The zero-order valence-electron chi connectivity index (χ0n) is 13.0. The lowest BCUT2D eigenvalue weighted by atomic mass is 9.95. The lowest BCUT2D eigenvalue weighted by Crippen LogP contribution is -2.44. The Kier molecular flexibility index (Phi) is 4.11. The summed E-state index contributed by atoms with van der Waals surface area (Å²) in [5.41, 5.74) is 0.580. The van der Waals surface area contributed by atoms with Crippen LogP contribution in [-0.2, 0) is 4.74 Å². The van der Waals surface area contributed by atoms with Gasteiger partial charge in [-0.05, 0) is 18.4 Å². The van der Waals surface area contributed by atoms with Gasteiger partial charge in [-0.3, -0.25) is 0 Å². The van der Waals surface area contributed by atoms with Crippen molar-refractivity contribution in [3.8, 4) is 5.75 Å². The molecule has 0 aliphatic carbocycles. The van der Waals surface area contributed by atoms with Crippen molar-refractivity contribution in [3.63, 3.8) is 0 Å². The number of rotatable bonds is 3. The van der Waals surface area contributed by atoms with Crippen LogP contribution in [0.4, 0.5) is 10.2 Å². The molecule has 0 bridgehead atoms. The molecule has 0 unspecified atom stereocenters. The van der Waals surface area contributed by atoms with Crippen LogP contribution in [-0.4, -0.2) is 43.4 Å². The lowest BCUT2D eigenvalue weighted by molar-refractivity contribution is 0.0497. The average Bonchev–Trinajstić information content (AvgIpc) is 2.54. The Morgan fingerprint density at radius 1 is 1.27 bits per heavy atom. The summed E-state index contributed by atoms with van der Waals surface area (Å²) in [6.07, 6.45) is 2.67. The van der Waals surface area contributed by atoms with Gasteiger partial charge >= 0.3 is 0 Å². The maximum absolute atomic E-state index is 13.8. The monoisotopic (exact) mass is 305 g/mol. The maximum Gasteiger partial charge on any atom is 0.167 e. The normalized spacial score (nSPS) is 22.1. The van der Waals surface area contributed by atoms with Crippen LogP contribution in [0.5, 0.6) is 5.75 Å². The van der Waals surface area contributed by atoms with Crippen LogP contribution >= 0.6 is 0 Å². The Labute approximate surface area is 129 Å². The molecule has 2 heterocycles. The third-order valence-electron chi connectivity index (χ3n) is 4.38. The largest absolute Gasteiger partial charge is 0.494 e. The van der Waals surface area contributed by atoms with E-state index in [-0.39, 0.29) is 11.9 Å². The average molecular weight is 305 g/mol. The van der Waals surface area contributed by atoms with Crippen molar-refractivity contribution < 1.29 is 13.9 Å². The van der Waals surface area contributed by atoms with E-state index in [1.165, 1.54) is 19.5 Å². The number of halogens is 1. The molecule has 1 aromatic heterocycles. The summed E-state index contributed by atoms with van der Waals surface area (Å²) in [6.45, 7) is 3.86. The molecule has 118 valence electrons. The van der Waals surface area contributed by atoms with Crippen LogP contribution in [0.3, 0.4) is 0 Å². The molecule has 6 heteroatoms. The second kappa shape index (κ2) is 6.04. The summed E-state index contributed by atoms with van der Waals surface area (Å²) in [5, 5.41) is 0.796. The van der Waals surface area contributed by atoms with Crippen molar-refractivity contribution in [2.45, 2.75) is 19.4 Å². The molecule has 1 saturated heterocycles. The van der Waals surface area contributed by atoms with Gasteiger partial charge in [0.15, 0.2) is 11.6 Å². The number of fused-ring (bicyclic) bond motifs is 1. The van der Waals surface area contributed by atoms with Crippen molar-refractivity contribution in [1.82, 2.24) is 9.97 Å². The molecule has 1 aromatic carbocycles. The first-order valence-electron chi connectivity index (χ1n) is 7.40. The number of hydrogen-bond acceptors (Lipinski definition) is 5. The topological polar surface area (TPSA) is 47.5 Å². The Balaban J connectivity index is 2.03. The lowest BCUT2D eigenvalue weighted by Gasteiger charge is -2.37. The van der Waals surface area contributed by atoms with Crippen molar-refractivity contribution in [2.75, 3.05) is 32.2 Å². The zero-order chi connectivity index (χ0) is 15.7. The third kappa shape index (κ3) is 2.59. The van der Waals surface area contributed by atoms with Crippen LogP contribution in [0.25, 0.3) is 10.9 Å².